The predicted octanol–water partition coefficient (Wildman–Crippen LogP) is 2.41. The molecule has 2 N–H and O–H groups in total. The van der Waals surface area contributed by atoms with Crippen molar-refractivity contribution in [3.05, 3.63) is 28.3 Å². The van der Waals surface area contributed by atoms with Crippen LogP contribution >= 0.6 is 0 Å². The van der Waals surface area contributed by atoms with Crippen molar-refractivity contribution in [2.24, 2.45) is 0 Å². The van der Waals surface area contributed by atoms with Gasteiger partial charge in [-0.1, -0.05) is 6.07 Å². The highest BCUT2D eigenvalue weighted by Crippen LogP contribution is 2.34. The van der Waals surface area contributed by atoms with E-state index in [1.165, 1.54) is 0 Å². The van der Waals surface area contributed by atoms with Gasteiger partial charge in [0.15, 0.2) is 0 Å². The molecule has 0 aliphatic heterocycles. The predicted molar refractivity (Wildman–Crippen MR) is 65.7 cm³/mol. The second kappa shape index (κ2) is 4.83. The first-order valence-electron chi connectivity index (χ1n) is 5.28. The number of nitro groups is 1. The van der Waals surface area contributed by atoms with Gasteiger partial charge in [-0.15, -0.1) is 0 Å². The largest absolute Gasteiger partial charge is 0.393 e. The molecule has 0 saturated carbocycles. The highest BCUT2D eigenvalue weighted by molar-refractivity contribution is 5.75. The molecule has 16 heavy (non-hydrogen) atoms. The monoisotopic (exact) mass is 223 g/mol. The number of nitro benzene ring substituents is 1. The normalized spacial score (nSPS) is 10.5. The summed E-state index contributed by atoms with van der Waals surface area (Å²) in [6.07, 6.45) is 0. The van der Waals surface area contributed by atoms with Gasteiger partial charge in [-0.05, 0) is 32.9 Å². The molecule has 0 atom stereocenters. The molecule has 88 valence electrons. The Kier molecular flexibility index (Phi) is 3.71. The summed E-state index contributed by atoms with van der Waals surface area (Å²) < 4.78 is 0. The minimum Gasteiger partial charge on any atom is -0.393 e. The molecule has 1 aromatic carbocycles. The number of para-hydroxylation sites is 1. The topological polar surface area (TPSA) is 72.4 Å². The zero-order valence-corrected chi connectivity index (χ0v) is 9.80. The van der Waals surface area contributed by atoms with Crippen LogP contribution in [0.15, 0.2) is 18.2 Å². The fourth-order valence-corrected chi connectivity index (χ4v) is 1.79. The summed E-state index contributed by atoms with van der Waals surface area (Å²) >= 11 is 0. The van der Waals surface area contributed by atoms with Crippen molar-refractivity contribution >= 4 is 17.1 Å². The number of nitrogen functional groups attached to an aromatic ring is 1. The summed E-state index contributed by atoms with van der Waals surface area (Å²) in [6, 6.07) is 5.22. The van der Waals surface area contributed by atoms with Crippen LogP contribution in [-0.4, -0.2) is 17.5 Å². The Balaban J connectivity index is 3.31. The zero-order valence-electron chi connectivity index (χ0n) is 9.80. The summed E-state index contributed by atoms with van der Waals surface area (Å²) in [4.78, 5) is 12.5. The Hall–Kier alpha value is -1.78. The zero-order chi connectivity index (χ0) is 12.3. The Bertz CT molecular complexity index is 391. The molecule has 0 heterocycles. The second-order valence-corrected chi connectivity index (χ2v) is 3.85. The van der Waals surface area contributed by atoms with Gasteiger partial charge in [0, 0.05) is 12.6 Å². The lowest BCUT2D eigenvalue weighted by Gasteiger charge is -2.27. The van der Waals surface area contributed by atoms with E-state index in [0.717, 1.165) is 0 Å². The summed E-state index contributed by atoms with van der Waals surface area (Å²) in [7, 11) is 0. The maximum absolute atomic E-state index is 11.0. The quantitative estimate of drug-likeness (QED) is 0.483. The van der Waals surface area contributed by atoms with E-state index in [4.69, 9.17) is 5.73 Å². The van der Waals surface area contributed by atoms with E-state index in [-0.39, 0.29) is 17.4 Å². The third-order valence-corrected chi connectivity index (χ3v) is 2.50. The van der Waals surface area contributed by atoms with Gasteiger partial charge >= 0.3 is 5.69 Å². The van der Waals surface area contributed by atoms with Crippen LogP contribution in [0.1, 0.15) is 20.8 Å². The third-order valence-electron chi connectivity index (χ3n) is 2.50. The average Bonchev–Trinajstić information content (AvgIpc) is 2.17. The lowest BCUT2D eigenvalue weighted by atomic mass is 10.2. The number of nitrogens with zero attached hydrogens (tertiary/aromatic N) is 2. The Labute approximate surface area is 95.0 Å². The Morgan fingerprint density at radius 2 is 2.12 bits per heavy atom. The number of nitrogens with two attached hydrogens (primary N) is 1. The van der Waals surface area contributed by atoms with Crippen molar-refractivity contribution < 1.29 is 4.92 Å². The molecule has 0 spiro atoms. The molecule has 5 nitrogen and oxygen atoms in total. The van der Waals surface area contributed by atoms with Crippen LogP contribution in [0.5, 0.6) is 0 Å². The van der Waals surface area contributed by atoms with Crippen molar-refractivity contribution in [3.63, 3.8) is 0 Å². The molecule has 1 rings (SSSR count). The lowest BCUT2D eigenvalue weighted by molar-refractivity contribution is -0.383. The van der Waals surface area contributed by atoms with Gasteiger partial charge < -0.3 is 10.6 Å². The summed E-state index contributed by atoms with van der Waals surface area (Å²) in [5.41, 5.74) is 6.44. The first kappa shape index (κ1) is 12.3. The lowest BCUT2D eigenvalue weighted by Crippen LogP contribution is -2.31. The van der Waals surface area contributed by atoms with Gasteiger partial charge in [0.1, 0.15) is 11.4 Å². The molecule has 0 fully saturated rings. The molecule has 0 radical (unpaired) electrons. The minimum atomic E-state index is -0.421. The van der Waals surface area contributed by atoms with Crippen LogP contribution in [0.2, 0.25) is 0 Å². The Morgan fingerprint density at radius 1 is 1.50 bits per heavy atom. The molecule has 0 saturated heterocycles. The van der Waals surface area contributed by atoms with Crippen LogP contribution in [0.3, 0.4) is 0 Å². The highest BCUT2D eigenvalue weighted by atomic mass is 16.6. The number of hydrogen-bond acceptors (Lipinski definition) is 4. The van der Waals surface area contributed by atoms with Gasteiger partial charge in [-0.2, -0.15) is 0 Å². The number of rotatable bonds is 4. The van der Waals surface area contributed by atoms with Crippen molar-refractivity contribution in [1.82, 2.24) is 0 Å². The van der Waals surface area contributed by atoms with Crippen LogP contribution in [0.25, 0.3) is 0 Å². The maximum Gasteiger partial charge on any atom is 0.315 e. The molecule has 1 aromatic rings. The molecule has 5 heteroatoms. The molecule has 0 aromatic heterocycles. The molecule has 0 amide bonds. The van der Waals surface area contributed by atoms with E-state index >= 15 is 0 Å². The fraction of sp³-hybridized carbons (Fsp3) is 0.455. The van der Waals surface area contributed by atoms with Crippen molar-refractivity contribution in [2.45, 2.75) is 26.8 Å². The molecule has 0 aliphatic carbocycles. The van der Waals surface area contributed by atoms with Crippen LogP contribution < -0.4 is 10.6 Å². The standard InChI is InChI=1S/C11H17N3O2/c1-4-13(8(2)3)10-7-5-6-9(12)11(10)14(15)16/h5-8H,4,12H2,1-3H3. The average molecular weight is 223 g/mol. The molecule has 0 bridgehead atoms. The van der Waals surface area contributed by atoms with Crippen molar-refractivity contribution in [3.8, 4) is 0 Å². The molecular formula is C11H17N3O2. The summed E-state index contributed by atoms with van der Waals surface area (Å²) in [5.74, 6) is 0. The smallest absolute Gasteiger partial charge is 0.315 e. The van der Waals surface area contributed by atoms with E-state index in [1.807, 2.05) is 25.7 Å². The minimum absolute atomic E-state index is 0.00181. The SMILES string of the molecule is CCN(c1cccc(N)c1[N+](=O)[O-])C(C)C. The van der Waals surface area contributed by atoms with E-state index in [2.05, 4.69) is 0 Å². The van der Waals surface area contributed by atoms with Crippen LogP contribution in [-0.2, 0) is 0 Å². The summed E-state index contributed by atoms with van der Waals surface area (Å²) in [5, 5.41) is 11.0. The van der Waals surface area contributed by atoms with Crippen LogP contribution in [0, 0.1) is 10.1 Å². The van der Waals surface area contributed by atoms with Gasteiger partial charge in [-0.25, -0.2) is 0 Å². The van der Waals surface area contributed by atoms with E-state index in [1.54, 1.807) is 18.2 Å². The summed E-state index contributed by atoms with van der Waals surface area (Å²) in [6.45, 7) is 6.67. The van der Waals surface area contributed by atoms with E-state index in [0.29, 0.717) is 12.2 Å². The van der Waals surface area contributed by atoms with E-state index < -0.39 is 4.92 Å². The fourth-order valence-electron chi connectivity index (χ4n) is 1.79. The number of hydrogen-bond donors (Lipinski definition) is 1. The first-order valence-corrected chi connectivity index (χ1v) is 5.28. The first-order chi connectivity index (χ1) is 7.49. The number of benzene rings is 1. The van der Waals surface area contributed by atoms with Crippen molar-refractivity contribution in [2.75, 3.05) is 17.2 Å². The van der Waals surface area contributed by atoms with Gasteiger partial charge in [0.2, 0.25) is 0 Å². The Morgan fingerprint density at radius 3 is 2.56 bits per heavy atom. The molecule has 0 aliphatic rings. The van der Waals surface area contributed by atoms with Gasteiger partial charge in [0.25, 0.3) is 0 Å². The van der Waals surface area contributed by atoms with Crippen molar-refractivity contribution in [1.29, 1.82) is 0 Å². The molecular weight excluding hydrogens is 206 g/mol. The van der Waals surface area contributed by atoms with Gasteiger partial charge in [-0.3, -0.25) is 10.1 Å². The highest BCUT2D eigenvalue weighted by Gasteiger charge is 2.22. The third kappa shape index (κ3) is 2.24. The maximum atomic E-state index is 11.0. The van der Waals surface area contributed by atoms with Crippen LogP contribution in [0.4, 0.5) is 17.1 Å². The second-order valence-electron chi connectivity index (χ2n) is 3.85. The van der Waals surface area contributed by atoms with Gasteiger partial charge in [0.05, 0.1) is 4.92 Å². The van der Waals surface area contributed by atoms with E-state index in [9.17, 15) is 10.1 Å². The number of anilines is 2. The molecule has 0 unspecified atom stereocenters.